The fourth-order valence-corrected chi connectivity index (χ4v) is 7.71. The largest absolute Gasteiger partial charge is 0.513 e. The van der Waals surface area contributed by atoms with Crippen LogP contribution in [0.15, 0.2) is 18.2 Å². The summed E-state index contributed by atoms with van der Waals surface area (Å²) in [5.74, 6) is 0.258. The summed E-state index contributed by atoms with van der Waals surface area (Å²) in [4.78, 5) is 27.0. The molecule has 4 bridgehead atoms. The Hall–Kier alpha value is -2.08. The summed E-state index contributed by atoms with van der Waals surface area (Å²) in [5.41, 5.74) is 0.982. The van der Waals surface area contributed by atoms with Crippen molar-refractivity contribution in [3.8, 4) is 5.75 Å². The lowest BCUT2D eigenvalue weighted by molar-refractivity contribution is -0.246. The number of rotatable bonds is 4. The normalized spacial score (nSPS) is 39.3. The first-order valence-corrected chi connectivity index (χ1v) is 10.9. The fraction of sp³-hybridized carbons (Fsp3) is 0.667. The maximum Gasteiger partial charge on any atom is 0.513 e. The van der Waals surface area contributed by atoms with E-state index in [1.54, 1.807) is 7.11 Å². The van der Waals surface area contributed by atoms with E-state index in [0.29, 0.717) is 12.8 Å². The van der Waals surface area contributed by atoms with Gasteiger partial charge in [-0.1, -0.05) is 33.8 Å². The van der Waals surface area contributed by atoms with Crippen LogP contribution in [0, 0.1) is 10.8 Å². The van der Waals surface area contributed by atoms with Gasteiger partial charge in [-0.15, -0.1) is 0 Å². The minimum Gasteiger partial charge on any atom is -0.497 e. The number of hydrogen-bond donors (Lipinski definition) is 1. The van der Waals surface area contributed by atoms with Gasteiger partial charge in [0.05, 0.1) is 12.5 Å². The van der Waals surface area contributed by atoms with Crippen molar-refractivity contribution in [3.05, 3.63) is 29.3 Å². The SMILES string of the molecule is CCC1(C(=O)OC(=O)O)C[C@]2(C)C3Cc4ccc(OC)cc4[C@]2(C)CC1(CC)N3C. The number of hydrogen-bond acceptors (Lipinski definition) is 5. The summed E-state index contributed by atoms with van der Waals surface area (Å²) in [5, 5.41) is 9.21. The number of likely N-dealkylation sites (N-methyl/N-ethyl adjacent to an activating group) is 1. The standard InChI is InChI=1S/C24H33NO5/c1-7-23(19(26)30-20(27)28)13-22(4)18-11-15-9-10-16(29-6)12-17(15)21(22,3)14-24(23,8-2)25(18)5/h9-10,12,18H,7-8,11,13-14H2,1-6H3,(H,27,28)/t18?,21-,22+,23?,24?/m0/s1. The Bertz CT molecular complexity index is 915. The molecule has 1 aromatic rings. The van der Waals surface area contributed by atoms with Gasteiger partial charge in [0.1, 0.15) is 5.75 Å². The van der Waals surface area contributed by atoms with Crippen molar-refractivity contribution in [2.24, 2.45) is 10.8 Å². The van der Waals surface area contributed by atoms with E-state index in [1.165, 1.54) is 11.1 Å². The molecule has 0 amide bonds. The molecule has 164 valence electrons. The number of piperidine rings is 2. The zero-order valence-corrected chi connectivity index (χ0v) is 18.9. The summed E-state index contributed by atoms with van der Waals surface area (Å²) in [6, 6.07) is 6.65. The lowest BCUT2D eigenvalue weighted by Gasteiger charge is -2.77. The number of benzene rings is 1. The van der Waals surface area contributed by atoms with E-state index >= 15 is 0 Å². The highest BCUT2D eigenvalue weighted by atomic mass is 16.7. The maximum absolute atomic E-state index is 13.3. The molecule has 4 aliphatic rings. The van der Waals surface area contributed by atoms with Gasteiger partial charge in [-0.25, -0.2) is 4.79 Å². The molecule has 3 fully saturated rings. The predicted octanol–water partition coefficient (Wildman–Crippen LogP) is 4.39. The summed E-state index contributed by atoms with van der Waals surface area (Å²) >= 11 is 0. The van der Waals surface area contributed by atoms with Crippen LogP contribution in [-0.2, 0) is 21.4 Å². The second-order valence-electron chi connectivity index (χ2n) is 9.93. The number of carboxylic acid groups (broad SMARTS) is 1. The minimum atomic E-state index is -1.52. The van der Waals surface area contributed by atoms with Crippen LogP contribution >= 0.6 is 0 Å². The zero-order valence-electron chi connectivity index (χ0n) is 18.9. The van der Waals surface area contributed by atoms with E-state index in [9.17, 15) is 14.7 Å². The zero-order chi connectivity index (χ0) is 22.1. The van der Waals surface area contributed by atoms with Crippen molar-refractivity contribution in [2.75, 3.05) is 14.2 Å². The summed E-state index contributed by atoms with van der Waals surface area (Å²) < 4.78 is 10.4. The fourth-order valence-electron chi connectivity index (χ4n) is 7.71. The van der Waals surface area contributed by atoms with Crippen LogP contribution < -0.4 is 4.74 Å². The lowest BCUT2D eigenvalue weighted by atomic mass is 9.35. The average molecular weight is 416 g/mol. The second-order valence-corrected chi connectivity index (χ2v) is 9.93. The Kier molecular flexibility index (Phi) is 4.56. The number of fused-ring (bicyclic) bond motifs is 2. The predicted molar refractivity (Wildman–Crippen MR) is 113 cm³/mol. The van der Waals surface area contributed by atoms with Crippen molar-refractivity contribution in [1.82, 2.24) is 4.90 Å². The van der Waals surface area contributed by atoms with E-state index in [0.717, 1.165) is 25.0 Å². The molecular formula is C24H33NO5. The monoisotopic (exact) mass is 415 g/mol. The number of carbonyl (C=O) groups is 2. The first-order valence-electron chi connectivity index (χ1n) is 10.9. The van der Waals surface area contributed by atoms with Crippen molar-refractivity contribution in [2.45, 2.75) is 76.8 Å². The topological polar surface area (TPSA) is 76.1 Å². The van der Waals surface area contributed by atoms with Crippen LogP contribution in [0.5, 0.6) is 5.75 Å². The van der Waals surface area contributed by atoms with Gasteiger partial charge in [0, 0.05) is 17.0 Å². The molecule has 5 atom stereocenters. The third-order valence-corrected chi connectivity index (χ3v) is 9.43. The van der Waals surface area contributed by atoms with E-state index in [1.807, 2.05) is 13.0 Å². The highest BCUT2D eigenvalue weighted by Crippen LogP contribution is 2.73. The Labute approximate surface area is 178 Å². The molecule has 2 aliphatic heterocycles. The number of ether oxygens (including phenoxy) is 2. The Morgan fingerprint density at radius 2 is 1.90 bits per heavy atom. The first-order chi connectivity index (χ1) is 14.0. The van der Waals surface area contributed by atoms with Crippen LogP contribution in [0.3, 0.4) is 0 Å². The van der Waals surface area contributed by atoms with E-state index in [2.05, 4.69) is 44.9 Å². The molecule has 0 aromatic heterocycles. The van der Waals surface area contributed by atoms with Crippen molar-refractivity contribution < 1.29 is 24.2 Å². The van der Waals surface area contributed by atoms with Gasteiger partial charge in [-0.3, -0.25) is 9.69 Å². The Morgan fingerprint density at radius 1 is 1.20 bits per heavy atom. The van der Waals surface area contributed by atoms with E-state index < -0.39 is 23.1 Å². The summed E-state index contributed by atoms with van der Waals surface area (Å²) in [6.07, 6.45) is 2.11. The highest BCUT2D eigenvalue weighted by molar-refractivity contribution is 5.87. The van der Waals surface area contributed by atoms with Gasteiger partial charge in [-0.05, 0) is 67.8 Å². The highest BCUT2D eigenvalue weighted by Gasteiger charge is 2.76. The number of carbonyl (C=O) groups excluding carboxylic acids is 1. The number of methoxy groups -OCH3 is 1. The molecule has 5 rings (SSSR count). The molecule has 6 nitrogen and oxygen atoms in total. The smallest absolute Gasteiger partial charge is 0.497 e. The molecule has 2 aliphatic carbocycles. The Morgan fingerprint density at radius 3 is 2.47 bits per heavy atom. The molecule has 0 radical (unpaired) electrons. The first kappa shape index (κ1) is 21.2. The molecule has 2 heterocycles. The van der Waals surface area contributed by atoms with Crippen LogP contribution in [0.25, 0.3) is 0 Å². The van der Waals surface area contributed by atoms with Gasteiger partial charge in [0.25, 0.3) is 0 Å². The van der Waals surface area contributed by atoms with Gasteiger partial charge in [0.2, 0.25) is 0 Å². The third kappa shape index (κ3) is 2.23. The van der Waals surface area contributed by atoms with Crippen molar-refractivity contribution >= 4 is 12.1 Å². The van der Waals surface area contributed by atoms with Crippen molar-refractivity contribution in [3.63, 3.8) is 0 Å². The third-order valence-electron chi connectivity index (χ3n) is 9.43. The molecule has 1 N–H and O–H groups in total. The van der Waals surface area contributed by atoms with Crippen LogP contribution in [0.4, 0.5) is 4.79 Å². The second kappa shape index (κ2) is 6.46. The molecule has 1 aromatic carbocycles. The van der Waals surface area contributed by atoms with Crippen LogP contribution in [0.2, 0.25) is 0 Å². The molecule has 3 unspecified atom stereocenters. The minimum absolute atomic E-state index is 0.148. The van der Waals surface area contributed by atoms with Gasteiger partial charge >= 0.3 is 12.1 Å². The number of esters is 1. The quantitative estimate of drug-likeness (QED) is 0.581. The van der Waals surface area contributed by atoms with Crippen LogP contribution in [0.1, 0.15) is 64.5 Å². The van der Waals surface area contributed by atoms with E-state index in [4.69, 9.17) is 9.47 Å². The van der Waals surface area contributed by atoms with E-state index in [-0.39, 0.29) is 16.9 Å². The molecule has 30 heavy (non-hydrogen) atoms. The average Bonchev–Trinajstić information content (AvgIpc) is 2.71. The Balaban J connectivity index is 1.95. The molecule has 6 heteroatoms. The maximum atomic E-state index is 13.3. The van der Waals surface area contributed by atoms with Crippen LogP contribution in [-0.4, -0.2) is 47.9 Å². The molecular weight excluding hydrogens is 382 g/mol. The molecule has 0 spiro atoms. The number of nitrogens with zero attached hydrogens (tertiary/aromatic N) is 1. The summed E-state index contributed by atoms with van der Waals surface area (Å²) in [7, 11) is 3.81. The van der Waals surface area contributed by atoms with Crippen molar-refractivity contribution in [1.29, 1.82) is 0 Å². The summed E-state index contributed by atoms with van der Waals surface area (Å²) in [6.45, 7) is 8.73. The lowest BCUT2D eigenvalue weighted by Crippen LogP contribution is -2.82. The van der Waals surface area contributed by atoms with Gasteiger partial charge < -0.3 is 14.6 Å². The molecule has 1 saturated carbocycles. The molecule has 2 saturated heterocycles. The van der Waals surface area contributed by atoms with Gasteiger partial charge in [0.15, 0.2) is 0 Å². The van der Waals surface area contributed by atoms with Gasteiger partial charge in [-0.2, -0.15) is 0 Å².